The molecular weight excluding hydrogens is 510 g/mol. The number of carbonyl (C=O) groups excluding carboxylic acids is 3. The third-order valence-corrected chi connectivity index (χ3v) is 8.38. The van der Waals surface area contributed by atoms with Gasteiger partial charge in [-0.3, -0.25) is 14.5 Å². The molecule has 1 aromatic carbocycles. The van der Waals surface area contributed by atoms with Gasteiger partial charge in [-0.15, -0.1) is 11.3 Å². The molecule has 2 amide bonds. The van der Waals surface area contributed by atoms with Crippen LogP contribution in [0.3, 0.4) is 0 Å². The smallest absolute Gasteiger partial charge is 0.330 e. The maximum atomic E-state index is 12.6. The molecule has 1 heterocycles. The summed E-state index contributed by atoms with van der Waals surface area (Å²) in [6, 6.07) is 10.7. The average molecular weight is 556 g/mol. The Labute approximate surface area is 237 Å². The van der Waals surface area contributed by atoms with Crippen LogP contribution in [-0.4, -0.2) is 54.9 Å². The second-order valence-corrected chi connectivity index (χ2v) is 11.7. The first-order valence-electron chi connectivity index (χ1n) is 14.5. The van der Waals surface area contributed by atoms with Crippen molar-refractivity contribution in [2.45, 2.75) is 78.7 Å². The first kappa shape index (κ1) is 30.8. The molecule has 7 nitrogen and oxygen atoms in total. The van der Waals surface area contributed by atoms with Crippen molar-refractivity contribution in [3.8, 4) is 5.75 Å². The highest BCUT2D eigenvalue weighted by Gasteiger charge is 2.27. The van der Waals surface area contributed by atoms with Crippen LogP contribution in [0.5, 0.6) is 5.75 Å². The van der Waals surface area contributed by atoms with Gasteiger partial charge in [0.15, 0.2) is 0 Å². The third-order valence-electron chi connectivity index (χ3n) is 7.45. The van der Waals surface area contributed by atoms with Crippen molar-refractivity contribution in [2.24, 2.45) is 11.8 Å². The summed E-state index contributed by atoms with van der Waals surface area (Å²) in [6.07, 6.45) is 6.34. The first-order valence-corrected chi connectivity index (χ1v) is 15.3. The van der Waals surface area contributed by atoms with Gasteiger partial charge in [-0.1, -0.05) is 45.9 Å². The number of thiophene rings is 1. The van der Waals surface area contributed by atoms with Crippen LogP contribution < -0.4 is 15.4 Å². The Morgan fingerprint density at radius 2 is 1.79 bits per heavy atom. The molecule has 0 saturated carbocycles. The molecule has 1 aromatic heterocycles. The van der Waals surface area contributed by atoms with Gasteiger partial charge in [0.1, 0.15) is 12.3 Å². The van der Waals surface area contributed by atoms with E-state index < -0.39 is 5.97 Å². The number of rotatable bonds is 15. The van der Waals surface area contributed by atoms with Gasteiger partial charge in [0.2, 0.25) is 11.8 Å². The molecule has 2 unspecified atom stereocenters. The van der Waals surface area contributed by atoms with E-state index in [-0.39, 0.29) is 30.2 Å². The van der Waals surface area contributed by atoms with Crippen molar-refractivity contribution in [3.63, 3.8) is 0 Å². The molecule has 2 aromatic rings. The molecule has 0 spiro atoms. The fourth-order valence-electron chi connectivity index (χ4n) is 5.29. The van der Waals surface area contributed by atoms with Crippen molar-refractivity contribution < 1.29 is 19.1 Å². The summed E-state index contributed by atoms with van der Waals surface area (Å²) in [5, 5.41) is 7.68. The molecule has 3 atom stereocenters. The highest BCUT2D eigenvalue weighted by molar-refractivity contribution is 7.09. The lowest BCUT2D eigenvalue weighted by Gasteiger charge is -2.35. The zero-order valence-corrected chi connectivity index (χ0v) is 24.8. The van der Waals surface area contributed by atoms with Gasteiger partial charge in [-0.25, -0.2) is 4.79 Å². The van der Waals surface area contributed by atoms with Gasteiger partial charge in [-0.05, 0) is 80.1 Å². The molecule has 214 valence electrons. The number of nitrogens with one attached hydrogen (secondary N) is 2. The Hall–Kier alpha value is -2.71. The van der Waals surface area contributed by atoms with Gasteiger partial charge in [-0.2, -0.15) is 0 Å². The van der Waals surface area contributed by atoms with Crippen LogP contribution in [-0.2, 0) is 33.6 Å². The summed E-state index contributed by atoms with van der Waals surface area (Å²) < 4.78 is 5.72. The van der Waals surface area contributed by atoms with Crippen LogP contribution in [0, 0.1) is 11.8 Å². The van der Waals surface area contributed by atoms with Gasteiger partial charge in [0.05, 0.1) is 0 Å². The minimum absolute atomic E-state index is 0.0488. The maximum absolute atomic E-state index is 12.6. The number of ether oxygens (including phenoxy) is 1. The van der Waals surface area contributed by atoms with Gasteiger partial charge in [0, 0.05) is 35.8 Å². The van der Waals surface area contributed by atoms with Gasteiger partial charge < -0.3 is 15.4 Å². The SMILES string of the molecule is CCCNC(=O)C(C)CC(C)C(=O)NCC(=O)Oc1cccc2c1CC[C@H](N(CCC)CCc1cccs1)C2. The largest absolute Gasteiger partial charge is 0.425 e. The molecule has 8 heteroatoms. The monoisotopic (exact) mass is 555 g/mol. The Morgan fingerprint density at radius 3 is 2.49 bits per heavy atom. The lowest BCUT2D eigenvalue weighted by molar-refractivity contribution is -0.136. The van der Waals surface area contributed by atoms with Gasteiger partial charge in [0.25, 0.3) is 0 Å². The molecule has 0 saturated heterocycles. The van der Waals surface area contributed by atoms with E-state index in [0.29, 0.717) is 24.8 Å². The van der Waals surface area contributed by atoms with Crippen molar-refractivity contribution in [1.29, 1.82) is 0 Å². The summed E-state index contributed by atoms with van der Waals surface area (Å²) in [5.74, 6) is -0.838. The van der Waals surface area contributed by atoms with E-state index in [4.69, 9.17) is 4.74 Å². The summed E-state index contributed by atoms with van der Waals surface area (Å²) in [7, 11) is 0. The quantitative estimate of drug-likeness (QED) is 0.244. The lowest BCUT2D eigenvalue weighted by Crippen LogP contribution is -2.41. The predicted octanol–water partition coefficient (Wildman–Crippen LogP) is 4.77. The zero-order valence-electron chi connectivity index (χ0n) is 24.0. The number of carbonyl (C=O) groups is 3. The predicted molar refractivity (Wildman–Crippen MR) is 157 cm³/mol. The standard InChI is InChI=1S/C31H45N3O4S/c1-5-15-32-30(36)22(3)19-23(4)31(37)33-21-29(35)38-28-11-7-9-24-20-25(12-13-27(24)28)34(16-6-2)17-14-26-10-8-18-39-26/h7-11,18,22-23,25H,5-6,12-17,19-21H2,1-4H3,(H,32,36)(H,33,37)/t22?,23?,25-/m0/s1. The van der Waals surface area contributed by atoms with Crippen molar-refractivity contribution in [1.82, 2.24) is 15.5 Å². The van der Waals surface area contributed by atoms with Gasteiger partial charge >= 0.3 is 5.97 Å². The van der Waals surface area contributed by atoms with Crippen LogP contribution >= 0.6 is 11.3 Å². The molecule has 3 rings (SSSR count). The topological polar surface area (TPSA) is 87.7 Å². The van der Waals surface area contributed by atoms with Crippen molar-refractivity contribution in [2.75, 3.05) is 26.2 Å². The van der Waals surface area contributed by atoms with Crippen LogP contribution in [0.4, 0.5) is 0 Å². The molecule has 2 N–H and O–H groups in total. The van der Waals surface area contributed by atoms with Crippen molar-refractivity contribution >= 4 is 29.1 Å². The summed E-state index contributed by atoms with van der Waals surface area (Å²) in [6.45, 7) is 10.4. The molecule has 0 bridgehead atoms. The van der Waals surface area contributed by atoms with E-state index in [1.807, 2.05) is 37.3 Å². The number of fused-ring (bicyclic) bond motifs is 1. The third kappa shape index (κ3) is 9.46. The van der Waals surface area contributed by atoms with E-state index in [9.17, 15) is 14.4 Å². The minimum atomic E-state index is -0.483. The van der Waals surface area contributed by atoms with E-state index in [0.717, 1.165) is 57.2 Å². The average Bonchev–Trinajstić information content (AvgIpc) is 3.46. The Bertz CT molecular complexity index is 1070. The number of hydrogen-bond donors (Lipinski definition) is 2. The highest BCUT2D eigenvalue weighted by Crippen LogP contribution is 2.32. The molecular formula is C31H45N3O4S. The fourth-order valence-corrected chi connectivity index (χ4v) is 5.99. The van der Waals surface area contributed by atoms with E-state index >= 15 is 0 Å². The number of esters is 1. The molecule has 0 aliphatic heterocycles. The Kier molecular flexibility index (Phi) is 12.5. The second-order valence-electron chi connectivity index (χ2n) is 10.7. The highest BCUT2D eigenvalue weighted by atomic mass is 32.1. The Morgan fingerprint density at radius 1 is 1.03 bits per heavy atom. The fraction of sp³-hybridized carbons (Fsp3) is 0.581. The molecule has 39 heavy (non-hydrogen) atoms. The normalized spacial score (nSPS) is 16.3. The van der Waals surface area contributed by atoms with Crippen LogP contribution in [0.15, 0.2) is 35.7 Å². The second kappa shape index (κ2) is 15.8. The molecule has 0 radical (unpaired) electrons. The molecule has 0 fully saturated rings. The Balaban J connectivity index is 1.50. The number of benzene rings is 1. The van der Waals surface area contributed by atoms with Crippen LogP contribution in [0.1, 0.15) is 69.4 Å². The van der Waals surface area contributed by atoms with Crippen LogP contribution in [0.2, 0.25) is 0 Å². The van der Waals surface area contributed by atoms with E-state index in [1.165, 1.54) is 10.4 Å². The summed E-state index contributed by atoms with van der Waals surface area (Å²) in [5.41, 5.74) is 2.34. The maximum Gasteiger partial charge on any atom is 0.330 e. The number of nitrogens with zero attached hydrogens (tertiary/aromatic N) is 1. The molecule has 1 aliphatic rings. The van der Waals surface area contributed by atoms with E-state index in [2.05, 4.69) is 46.0 Å². The number of amides is 2. The first-order chi connectivity index (χ1) is 18.8. The van der Waals surface area contributed by atoms with E-state index in [1.54, 1.807) is 6.92 Å². The summed E-state index contributed by atoms with van der Waals surface area (Å²) >= 11 is 1.82. The van der Waals surface area contributed by atoms with Crippen LogP contribution in [0.25, 0.3) is 0 Å². The molecule has 1 aliphatic carbocycles. The lowest BCUT2D eigenvalue weighted by atomic mass is 9.86. The summed E-state index contributed by atoms with van der Waals surface area (Å²) in [4.78, 5) is 41.3. The number of hydrogen-bond acceptors (Lipinski definition) is 6. The zero-order chi connectivity index (χ0) is 28.2. The van der Waals surface area contributed by atoms with Crippen molar-refractivity contribution in [3.05, 3.63) is 51.7 Å². The minimum Gasteiger partial charge on any atom is -0.425 e.